The number of hydrogen-bond donors (Lipinski definition) is 0. The van der Waals surface area contributed by atoms with Crippen molar-refractivity contribution < 1.29 is 9.13 Å². The molecule has 2 aromatic carbocycles. The van der Waals surface area contributed by atoms with Gasteiger partial charge >= 0.3 is 0 Å². The van der Waals surface area contributed by atoms with Crippen LogP contribution in [0.2, 0.25) is 5.02 Å². The monoisotopic (exact) mass is 342 g/mol. The van der Waals surface area contributed by atoms with E-state index in [0.29, 0.717) is 15.9 Å². The SMILES string of the molecule is Cc1cccc(CBr)c1OCc1c(F)cccc1Cl. The molecule has 2 rings (SSSR count). The fourth-order valence-electron chi connectivity index (χ4n) is 1.84. The van der Waals surface area contributed by atoms with Crippen LogP contribution in [0.15, 0.2) is 36.4 Å². The Bertz CT molecular complexity index is 566. The fourth-order valence-corrected chi connectivity index (χ4v) is 2.50. The van der Waals surface area contributed by atoms with Crippen molar-refractivity contribution >= 4 is 27.5 Å². The molecule has 0 saturated carbocycles. The summed E-state index contributed by atoms with van der Waals surface area (Å²) in [6.07, 6.45) is 0. The summed E-state index contributed by atoms with van der Waals surface area (Å²) in [7, 11) is 0. The molecule has 0 unspecified atom stereocenters. The van der Waals surface area contributed by atoms with E-state index in [4.69, 9.17) is 16.3 Å². The predicted molar refractivity (Wildman–Crippen MR) is 79.6 cm³/mol. The lowest BCUT2D eigenvalue weighted by atomic mass is 10.1. The number of aryl methyl sites for hydroxylation is 1. The van der Waals surface area contributed by atoms with E-state index in [9.17, 15) is 4.39 Å². The summed E-state index contributed by atoms with van der Waals surface area (Å²) in [5, 5.41) is 1.07. The molecule has 0 aliphatic heterocycles. The van der Waals surface area contributed by atoms with E-state index in [1.807, 2.05) is 25.1 Å². The third kappa shape index (κ3) is 3.28. The minimum absolute atomic E-state index is 0.121. The van der Waals surface area contributed by atoms with Crippen molar-refractivity contribution in [1.29, 1.82) is 0 Å². The Hall–Kier alpha value is -1.06. The molecular formula is C15H13BrClFO. The maximum atomic E-state index is 13.7. The van der Waals surface area contributed by atoms with Gasteiger partial charge in [-0.2, -0.15) is 0 Å². The third-order valence-corrected chi connectivity index (χ3v) is 3.82. The molecule has 0 N–H and O–H groups in total. The van der Waals surface area contributed by atoms with Crippen LogP contribution < -0.4 is 4.74 Å². The minimum Gasteiger partial charge on any atom is -0.488 e. The molecule has 4 heteroatoms. The summed E-state index contributed by atoms with van der Waals surface area (Å²) in [6, 6.07) is 10.5. The number of para-hydroxylation sites is 1. The van der Waals surface area contributed by atoms with Crippen LogP contribution in [0, 0.1) is 12.7 Å². The highest BCUT2D eigenvalue weighted by atomic mass is 79.9. The molecule has 0 atom stereocenters. The lowest BCUT2D eigenvalue weighted by Crippen LogP contribution is -2.02. The van der Waals surface area contributed by atoms with Crippen molar-refractivity contribution in [2.24, 2.45) is 0 Å². The highest BCUT2D eigenvalue weighted by Crippen LogP contribution is 2.28. The van der Waals surface area contributed by atoms with Crippen molar-refractivity contribution in [3.05, 3.63) is 63.9 Å². The largest absolute Gasteiger partial charge is 0.488 e. The Kier molecular flexibility index (Phi) is 4.83. The van der Waals surface area contributed by atoms with Crippen molar-refractivity contribution in [2.45, 2.75) is 18.9 Å². The van der Waals surface area contributed by atoms with Gasteiger partial charge in [0.2, 0.25) is 0 Å². The first kappa shape index (κ1) is 14.4. The number of hydrogen-bond acceptors (Lipinski definition) is 1. The van der Waals surface area contributed by atoms with Gasteiger partial charge in [0.15, 0.2) is 0 Å². The van der Waals surface area contributed by atoms with Gasteiger partial charge in [-0.05, 0) is 24.6 Å². The standard InChI is InChI=1S/C15H13BrClFO/c1-10-4-2-5-11(8-16)15(10)19-9-12-13(17)6-3-7-14(12)18/h2-7H,8-9H2,1H3. The van der Waals surface area contributed by atoms with Crippen LogP contribution in [0.1, 0.15) is 16.7 Å². The maximum absolute atomic E-state index is 13.7. The fraction of sp³-hybridized carbons (Fsp3) is 0.200. The number of alkyl halides is 1. The molecule has 0 aliphatic carbocycles. The van der Waals surface area contributed by atoms with Gasteiger partial charge in [-0.3, -0.25) is 0 Å². The Morgan fingerprint density at radius 3 is 2.63 bits per heavy atom. The summed E-state index contributed by atoms with van der Waals surface area (Å²) < 4.78 is 19.4. The summed E-state index contributed by atoms with van der Waals surface area (Å²) in [5.74, 6) is 0.431. The highest BCUT2D eigenvalue weighted by molar-refractivity contribution is 9.08. The van der Waals surface area contributed by atoms with Gasteiger partial charge in [0, 0.05) is 16.5 Å². The highest BCUT2D eigenvalue weighted by Gasteiger charge is 2.10. The van der Waals surface area contributed by atoms with E-state index in [1.165, 1.54) is 6.07 Å². The van der Waals surface area contributed by atoms with Gasteiger partial charge in [-0.1, -0.05) is 51.8 Å². The maximum Gasteiger partial charge on any atom is 0.131 e. The molecule has 0 spiro atoms. The zero-order chi connectivity index (χ0) is 13.8. The smallest absolute Gasteiger partial charge is 0.131 e. The van der Waals surface area contributed by atoms with Crippen molar-refractivity contribution in [3.63, 3.8) is 0 Å². The molecule has 0 heterocycles. The van der Waals surface area contributed by atoms with E-state index in [0.717, 1.165) is 16.9 Å². The van der Waals surface area contributed by atoms with Gasteiger partial charge in [0.05, 0.1) is 5.02 Å². The molecular weight excluding hydrogens is 331 g/mol. The minimum atomic E-state index is -0.346. The normalized spacial score (nSPS) is 10.5. The van der Waals surface area contributed by atoms with Crippen LogP contribution in [-0.2, 0) is 11.9 Å². The molecule has 0 aliphatic rings. The van der Waals surface area contributed by atoms with Crippen LogP contribution in [0.3, 0.4) is 0 Å². The number of ether oxygens (including phenoxy) is 1. The Morgan fingerprint density at radius 2 is 1.95 bits per heavy atom. The number of halogens is 3. The second kappa shape index (κ2) is 6.40. The molecule has 0 radical (unpaired) electrons. The third-order valence-electron chi connectivity index (χ3n) is 2.86. The van der Waals surface area contributed by atoms with E-state index in [1.54, 1.807) is 12.1 Å². The first-order valence-corrected chi connectivity index (χ1v) is 7.33. The average molecular weight is 344 g/mol. The summed E-state index contributed by atoms with van der Waals surface area (Å²) in [6.45, 7) is 2.08. The van der Waals surface area contributed by atoms with Gasteiger partial charge < -0.3 is 4.74 Å². The molecule has 0 bridgehead atoms. The topological polar surface area (TPSA) is 9.23 Å². The van der Waals surface area contributed by atoms with Crippen LogP contribution in [-0.4, -0.2) is 0 Å². The van der Waals surface area contributed by atoms with Gasteiger partial charge in [-0.25, -0.2) is 4.39 Å². The second-order valence-electron chi connectivity index (χ2n) is 4.19. The molecule has 2 aromatic rings. The Labute approximate surface area is 125 Å². The van der Waals surface area contributed by atoms with Crippen molar-refractivity contribution in [3.8, 4) is 5.75 Å². The van der Waals surface area contributed by atoms with Crippen LogP contribution >= 0.6 is 27.5 Å². The van der Waals surface area contributed by atoms with Crippen molar-refractivity contribution in [1.82, 2.24) is 0 Å². The van der Waals surface area contributed by atoms with E-state index in [-0.39, 0.29) is 12.4 Å². The van der Waals surface area contributed by atoms with Crippen LogP contribution in [0.4, 0.5) is 4.39 Å². The van der Waals surface area contributed by atoms with Gasteiger partial charge in [0.1, 0.15) is 18.2 Å². The van der Waals surface area contributed by atoms with E-state index in [2.05, 4.69) is 15.9 Å². The first-order valence-electron chi connectivity index (χ1n) is 5.83. The van der Waals surface area contributed by atoms with Crippen molar-refractivity contribution in [2.75, 3.05) is 0 Å². The summed E-state index contributed by atoms with van der Waals surface area (Å²) in [5.41, 5.74) is 2.44. The molecule has 0 saturated heterocycles. The lowest BCUT2D eigenvalue weighted by Gasteiger charge is -2.14. The summed E-state index contributed by atoms with van der Waals surface area (Å²) >= 11 is 9.40. The molecule has 100 valence electrons. The number of benzene rings is 2. The molecule has 0 amide bonds. The molecule has 0 fully saturated rings. The quantitative estimate of drug-likeness (QED) is 0.688. The van der Waals surface area contributed by atoms with Crippen LogP contribution in [0.5, 0.6) is 5.75 Å². The molecule has 0 aromatic heterocycles. The lowest BCUT2D eigenvalue weighted by molar-refractivity contribution is 0.295. The predicted octanol–water partition coefficient (Wildman–Crippen LogP) is 5.26. The van der Waals surface area contributed by atoms with Gasteiger partial charge in [-0.15, -0.1) is 0 Å². The zero-order valence-corrected chi connectivity index (χ0v) is 12.8. The van der Waals surface area contributed by atoms with E-state index >= 15 is 0 Å². The molecule has 1 nitrogen and oxygen atoms in total. The second-order valence-corrected chi connectivity index (χ2v) is 5.15. The summed E-state index contributed by atoms with van der Waals surface area (Å²) in [4.78, 5) is 0. The van der Waals surface area contributed by atoms with E-state index < -0.39 is 0 Å². The zero-order valence-electron chi connectivity index (χ0n) is 10.4. The van der Waals surface area contributed by atoms with Gasteiger partial charge in [0.25, 0.3) is 0 Å². The number of rotatable bonds is 4. The molecule has 19 heavy (non-hydrogen) atoms. The van der Waals surface area contributed by atoms with Crippen LogP contribution in [0.25, 0.3) is 0 Å². The Morgan fingerprint density at radius 1 is 1.21 bits per heavy atom. The first-order chi connectivity index (χ1) is 9.13. The average Bonchev–Trinajstić information content (AvgIpc) is 2.39. The Balaban J connectivity index is 2.24.